The van der Waals surface area contributed by atoms with Crippen molar-refractivity contribution in [3.8, 4) is 11.5 Å². The van der Waals surface area contributed by atoms with Gasteiger partial charge in [0.05, 0.1) is 18.4 Å². The molecule has 0 bridgehead atoms. The molecular weight excluding hydrogens is 277 g/mol. The van der Waals surface area contributed by atoms with Crippen LogP contribution in [-0.4, -0.2) is 23.2 Å². The predicted molar refractivity (Wildman–Crippen MR) is 73.2 cm³/mol. The minimum Gasteiger partial charge on any atom is -0.497 e. The number of carbonyl (C=O) groups is 1. The summed E-state index contributed by atoms with van der Waals surface area (Å²) in [5.41, 5.74) is 1.02. The average Bonchev–Trinajstić information content (AvgIpc) is 2.44. The van der Waals surface area contributed by atoms with Crippen LogP contribution in [0.15, 0.2) is 30.3 Å². The lowest BCUT2D eigenvalue weighted by Crippen LogP contribution is -2.03. The van der Waals surface area contributed by atoms with Gasteiger partial charge in [-0.2, -0.15) is 0 Å². The number of halogens is 1. The molecule has 2 rings (SSSR count). The number of aryl methyl sites for hydroxylation is 1. The molecule has 0 radical (unpaired) electrons. The van der Waals surface area contributed by atoms with Crippen LogP contribution in [-0.2, 0) is 6.61 Å². The number of nitrogens with zero attached hydrogens (tertiary/aromatic N) is 1. The molecule has 0 saturated heterocycles. The van der Waals surface area contributed by atoms with Crippen LogP contribution in [0, 0.1) is 12.7 Å². The molecule has 5 nitrogen and oxygen atoms in total. The van der Waals surface area contributed by atoms with Gasteiger partial charge in [-0.25, -0.2) is 9.18 Å². The molecule has 1 aromatic carbocycles. The third kappa shape index (κ3) is 3.68. The fraction of sp³-hybridized carbons (Fsp3) is 0.200. The van der Waals surface area contributed by atoms with E-state index in [0.29, 0.717) is 11.4 Å². The zero-order valence-electron chi connectivity index (χ0n) is 11.6. The number of pyridine rings is 1. The van der Waals surface area contributed by atoms with Crippen LogP contribution in [0.1, 0.15) is 21.7 Å². The Morgan fingerprint density at radius 1 is 1.29 bits per heavy atom. The maximum absolute atomic E-state index is 13.5. The molecule has 0 spiro atoms. The molecular formula is C15H14FNO4. The lowest BCUT2D eigenvalue weighted by atomic mass is 10.2. The smallest absolute Gasteiger partial charge is 0.338 e. The van der Waals surface area contributed by atoms with E-state index in [1.54, 1.807) is 19.2 Å². The first-order chi connectivity index (χ1) is 9.99. The van der Waals surface area contributed by atoms with Gasteiger partial charge in [0.25, 0.3) is 0 Å². The van der Waals surface area contributed by atoms with Gasteiger partial charge < -0.3 is 14.6 Å². The van der Waals surface area contributed by atoms with E-state index in [2.05, 4.69) is 4.98 Å². The number of carboxylic acids is 1. The van der Waals surface area contributed by atoms with Crippen LogP contribution in [0.25, 0.3) is 0 Å². The minimum atomic E-state index is -1.32. The summed E-state index contributed by atoms with van der Waals surface area (Å²) in [6.45, 7) is 1.96. The van der Waals surface area contributed by atoms with Gasteiger partial charge in [0.15, 0.2) is 0 Å². The molecule has 1 heterocycles. The summed E-state index contributed by atoms with van der Waals surface area (Å²) < 4.78 is 24.1. The number of hydrogen-bond acceptors (Lipinski definition) is 4. The monoisotopic (exact) mass is 291 g/mol. The van der Waals surface area contributed by atoms with Crippen molar-refractivity contribution in [3.05, 3.63) is 53.1 Å². The van der Waals surface area contributed by atoms with Gasteiger partial charge in [-0.3, -0.25) is 4.98 Å². The summed E-state index contributed by atoms with van der Waals surface area (Å²) in [5, 5.41) is 8.75. The molecule has 6 heteroatoms. The highest BCUT2D eigenvalue weighted by atomic mass is 19.1. The van der Waals surface area contributed by atoms with Gasteiger partial charge >= 0.3 is 5.97 Å². The van der Waals surface area contributed by atoms with Crippen LogP contribution in [0.3, 0.4) is 0 Å². The molecule has 1 N–H and O–H groups in total. The molecule has 2 aromatic rings. The zero-order valence-corrected chi connectivity index (χ0v) is 11.6. The summed E-state index contributed by atoms with van der Waals surface area (Å²) in [6, 6.07) is 7.10. The quantitative estimate of drug-likeness (QED) is 0.917. The third-order valence-electron chi connectivity index (χ3n) is 2.77. The molecule has 0 saturated carbocycles. The second kappa shape index (κ2) is 6.21. The van der Waals surface area contributed by atoms with E-state index >= 15 is 0 Å². The summed E-state index contributed by atoms with van der Waals surface area (Å²) in [6.07, 6.45) is 0. The van der Waals surface area contributed by atoms with Crippen molar-refractivity contribution in [1.82, 2.24) is 4.98 Å². The van der Waals surface area contributed by atoms with Crippen LogP contribution in [0.5, 0.6) is 11.5 Å². The second-order valence-electron chi connectivity index (χ2n) is 4.38. The zero-order chi connectivity index (χ0) is 15.4. The van der Waals surface area contributed by atoms with Crippen molar-refractivity contribution in [2.24, 2.45) is 0 Å². The van der Waals surface area contributed by atoms with Gasteiger partial charge in [0.1, 0.15) is 23.9 Å². The molecule has 0 amide bonds. The Balaban J connectivity index is 2.11. The number of rotatable bonds is 5. The SMILES string of the molecule is COc1cc(C)nc(COc2ccc(C(=O)O)c(F)c2)c1. The summed E-state index contributed by atoms with van der Waals surface area (Å²) in [5.74, 6) is -1.26. The third-order valence-corrected chi connectivity index (χ3v) is 2.77. The first-order valence-corrected chi connectivity index (χ1v) is 6.17. The lowest BCUT2D eigenvalue weighted by molar-refractivity contribution is 0.0692. The lowest BCUT2D eigenvalue weighted by Gasteiger charge is -2.09. The van der Waals surface area contributed by atoms with Crippen molar-refractivity contribution in [2.45, 2.75) is 13.5 Å². The van der Waals surface area contributed by atoms with Gasteiger partial charge in [-0.1, -0.05) is 0 Å². The molecule has 110 valence electrons. The summed E-state index contributed by atoms with van der Waals surface area (Å²) in [4.78, 5) is 15.0. The molecule has 0 unspecified atom stereocenters. The normalized spacial score (nSPS) is 10.2. The first kappa shape index (κ1) is 14.8. The number of aromatic nitrogens is 1. The van der Waals surface area contributed by atoms with Crippen LogP contribution in [0.2, 0.25) is 0 Å². The van der Waals surface area contributed by atoms with Crippen LogP contribution >= 0.6 is 0 Å². The Morgan fingerprint density at radius 2 is 2.05 bits per heavy atom. The van der Waals surface area contributed by atoms with E-state index in [4.69, 9.17) is 14.6 Å². The maximum atomic E-state index is 13.5. The fourth-order valence-corrected chi connectivity index (χ4v) is 1.81. The number of carboxylic acid groups (broad SMARTS) is 1. The van der Waals surface area contributed by atoms with Crippen molar-refractivity contribution in [1.29, 1.82) is 0 Å². The van der Waals surface area contributed by atoms with Crippen molar-refractivity contribution < 1.29 is 23.8 Å². The number of benzene rings is 1. The standard InChI is InChI=1S/C15H14FNO4/c1-9-5-12(20-2)6-10(17-9)8-21-11-3-4-13(15(18)19)14(16)7-11/h3-7H,8H2,1-2H3,(H,18,19). The summed E-state index contributed by atoms with van der Waals surface area (Å²) in [7, 11) is 1.55. The van der Waals surface area contributed by atoms with Crippen molar-refractivity contribution in [2.75, 3.05) is 7.11 Å². The van der Waals surface area contributed by atoms with Gasteiger partial charge in [0, 0.05) is 23.9 Å². The topological polar surface area (TPSA) is 68.7 Å². The molecule has 0 aliphatic heterocycles. The molecule has 0 aliphatic carbocycles. The van der Waals surface area contributed by atoms with Crippen molar-refractivity contribution in [3.63, 3.8) is 0 Å². The van der Waals surface area contributed by atoms with Gasteiger partial charge in [-0.15, -0.1) is 0 Å². The highest BCUT2D eigenvalue weighted by molar-refractivity contribution is 5.88. The Labute approximate surface area is 121 Å². The molecule has 21 heavy (non-hydrogen) atoms. The second-order valence-corrected chi connectivity index (χ2v) is 4.38. The highest BCUT2D eigenvalue weighted by Crippen LogP contribution is 2.19. The molecule has 1 aromatic heterocycles. The van der Waals surface area contributed by atoms with Crippen LogP contribution in [0.4, 0.5) is 4.39 Å². The van der Waals surface area contributed by atoms with E-state index in [0.717, 1.165) is 17.8 Å². The predicted octanol–water partition coefficient (Wildman–Crippen LogP) is 2.81. The van der Waals surface area contributed by atoms with E-state index < -0.39 is 17.3 Å². The fourth-order valence-electron chi connectivity index (χ4n) is 1.81. The van der Waals surface area contributed by atoms with E-state index in [1.165, 1.54) is 6.07 Å². The number of hydrogen-bond donors (Lipinski definition) is 1. The summed E-state index contributed by atoms with van der Waals surface area (Å²) >= 11 is 0. The Hall–Kier alpha value is -2.63. The Bertz CT molecular complexity index is 673. The van der Waals surface area contributed by atoms with Crippen molar-refractivity contribution >= 4 is 5.97 Å². The van der Waals surface area contributed by atoms with Gasteiger partial charge in [0.2, 0.25) is 0 Å². The Morgan fingerprint density at radius 3 is 2.67 bits per heavy atom. The first-order valence-electron chi connectivity index (χ1n) is 6.17. The minimum absolute atomic E-state index is 0.129. The van der Waals surface area contributed by atoms with E-state index in [1.807, 2.05) is 6.92 Å². The highest BCUT2D eigenvalue weighted by Gasteiger charge is 2.11. The van der Waals surface area contributed by atoms with E-state index in [-0.39, 0.29) is 12.4 Å². The molecule has 0 aliphatic rings. The number of aromatic carboxylic acids is 1. The largest absolute Gasteiger partial charge is 0.497 e. The molecule has 0 atom stereocenters. The van der Waals surface area contributed by atoms with E-state index in [9.17, 15) is 9.18 Å². The average molecular weight is 291 g/mol. The Kier molecular flexibility index (Phi) is 4.37. The van der Waals surface area contributed by atoms with Crippen LogP contribution < -0.4 is 9.47 Å². The number of ether oxygens (including phenoxy) is 2. The van der Waals surface area contributed by atoms with Gasteiger partial charge in [-0.05, 0) is 19.1 Å². The maximum Gasteiger partial charge on any atom is 0.338 e. The number of methoxy groups -OCH3 is 1. The molecule has 0 fully saturated rings.